The summed E-state index contributed by atoms with van der Waals surface area (Å²) >= 11 is 0. The Morgan fingerprint density at radius 3 is 2.49 bits per heavy atom. The minimum atomic E-state index is -1.30. The van der Waals surface area contributed by atoms with Gasteiger partial charge in [0.2, 0.25) is 0 Å². The molecule has 2 aliphatic rings. The van der Waals surface area contributed by atoms with Gasteiger partial charge in [-0.15, -0.1) is 0 Å². The first-order chi connectivity index (χ1) is 17.8. The number of methoxy groups -OCH3 is 1. The van der Waals surface area contributed by atoms with E-state index >= 15 is 0 Å². The lowest BCUT2D eigenvalue weighted by Gasteiger charge is -2.28. The summed E-state index contributed by atoms with van der Waals surface area (Å²) in [4.78, 5) is 0. The third kappa shape index (κ3) is 7.11. The zero-order valence-corrected chi connectivity index (χ0v) is 22.1. The first-order valence-electron chi connectivity index (χ1n) is 13.0. The van der Waals surface area contributed by atoms with E-state index in [2.05, 4.69) is 6.92 Å². The fourth-order valence-corrected chi connectivity index (χ4v) is 4.84. The van der Waals surface area contributed by atoms with Crippen LogP contribution in [0.5, 0.6) is 5.75 Å². The Bertz CT molecular complexity index is 930. The number of unbranched alkanes of at least 4 members (excludes halogenated alkanes) is 1. The summed E-state index contributed by atoms with van der Waals surface area (Å²) in [7, 11) is 1.62. The predicted octanol–water partition coefficient (Wildman–Crippen LogP) is 3.76. The zero-order chi connectivity index (χ0) is 26.4. The second-order valence-electron chi connectivity index (χ2n) is 10.1. The summed E-state index contributed by atoms with van der Waals surface area (Å²) in [6, 6.07) is 10.9. The molecule has 7 atom stereocenters. The van der Waals surface area contributed by atoms with Crippen LogP contribution in [0.3, 0.4) is 0 Å². The molecule has 0 bridgehead atoms. The van der Waals surface area contributed by atoms with E-state index in [1.807, 2.05) is 38.1 Å². The number of benzene rings is 1. The van der Waals surface area contributed by atoms with Crippen LogP contribution in [0.1, 0.15) is 57.5 Å². The molecule has 0 amide bonds. The van der Waals surface area contributed by atoms with Crippen molar-refractivity contribution in [3.05, 3.63) is 54.0 Å². The van der Waals surface area contributed by atoms with Gasteiger partial charge in [0.25, 0.3) is 0 Å². The number of aliphatic hydroxyl groups excluding tert-OH is 2. The highest BCUT2D eigenvalue weighted by Gasteiger charge is 2.52. The maximum absolute atomic E-state index is 11.2. The van der Waals surface area contributed by atoms with Crippen LogP contribution in [0.15, 0.2) is 47.1 Å². The van der Waals surface area contributed by atoms with E-state index in [1.165, 1.54) is 6.26 Å². The zero-order valence-electron chi connectivity index (χ0n) is 22.1. The van der Waals surface area contributed by atoms with Crippen LogP contribution in [0.4, 0.5) is 0 Å². The first-order valence-corrected chi connectivity index (χ1v) is 13.0. The Morgan fingerprint density at radius 2 is 1.86 bits per heavy atom. The van der Waals surface area contributed by atoms with Crippen LogP contribution in [0.25, 0.3) is 0 Å². The molecular formula is C28H40O9. The van der Waals surface area contributed by atoms with Crippen molar-refractivity contribution in [2.75, 3.05) is 20.3 Å². The maximum atomic E-state index is 11.2. The van der Waals surface area contributed by atoms with E-state index in [1.54, 1.807) is 19.2 Å². The molecule has 9 nitrogen and oxygen atoms in total. The summed E-state index contributed by atoms with van der Waals surface area (Å²) in [5.74, 6) is 0.345. The van der Waals surface area contributed by atoms with E-state index < -0.39 is 42.4 Å². The van der Waals surface area contributed by atoms with Crippen molar-refractivity contribution in [2.45, 2.75) is 95.2 Å². The number of furan rings is 1. The summed E-state index contributed by atoms with van der Waals surface area (Å²) in [5.41, 5.74) is 0.936. The van der Waals surface area contributed by atoms with Crippen LogP contribution in [-0.2, 0) is 30.3 Å². The summed E-state index contributed by atoms with van der Waals surface area (Å²) in [6.07, 6.45) is -1.35. The van der Waals surface area contributed by atoms with Gasteiger partial charge in [0.15, 0.2) is 5.79 Å². The lowest BCUT2D eigenvalue weighted by molar-refractivity contribution is -0.148. The van der Waals surface area contributed by atoms with Crippen molar-refractivity contribution in [3.63, 3.8) is 0 Å². The molecular weight excluding hydrogens is 480 g/mol. The molecule has 3 heterocycles. The Hall–Kier alpha value is -1.98. The minimum absolute atomic E-state index is 0.189. The second-order valence-corrected chi connectivity index (χ2v) is 10.1. The topological polar surface area (TPSA) is 109 Å². The van der Waals surface area contributed by atoms with Crippen molar-refractivity contribution in [1.29, 1.82) is 0 Å². The quantitative estimate of drug-likeness (QED) is 0.382. The van der Waals surface area contributed by atoms with E-state index in [0.29, 0.717) is 19.6 Å². The van der Waals surface area contributed by atoms with Crippen molar-refractivity contribution in [2.24, 2.45) is 0 Å². The van der Waals surface area contributed by atoms with Gasteiger partial charge in [-0.25, -0.2) is 0 Å². The fraction of sp³-hybridized carbons (Fsp3) is 0.643. The molecule has 0 spiro atoms. The SMILES string of the molecule is CCCCO[C@@H]1[C@@H](OCc2ccc(OC)cc2)[C@H]([C@H](O)[C@@H](O)c2ccco2)O[C@@H]1CC1COC(C)(C)O1. The van der Waals surface area contributed by atoms with Crippen LogP contribution in [0, 0.1) is 0 Å². The monoisotopic (exact) mass is 520 g/mol. The Morgan fingerprint density at radius 1 is 1.08 bits per heavy atom. The number of hydrogen-bond acceptors (Lipinski definition) is 9. The van der Waals surface area contributed by atoms with Gasteiger partial charge in [-0.05, 0) is 50.1 Å². The first kappa shape index (κ1) is 28.0. The van der Waals surface area contributed by atoms with E-state index in [-0.39, 0.29) is 18.5 Å². The van der Waals surface area contributed by atoms with Gasteiger partial charge in [0.1, 0.15) is 42.0 Å². The summed E-state index contributed by atoms with van der Waals surface area (Å²) < 4.78 is 41.5. The van der Waals surface area contributed by atoms with Crippen LogP contribution in [0.2, 0.25) is 0 Å². The van der Waals surface area contributed by atoms with Crippen LogP contribution < -0.4 is 4.74 Å². The molecule has 37 heavy (non-hydrogen) atoms. The second kappa shape index (κ2) is 12.7. The molecule has 1 aromatic heterocycles. The molecule has 2 aromatic rings. The van der Waals surface area contributed by atoms with E-state index in [9.17, 15) is 10.2 Å². The smallest absolute Gasteiger partial charge is 0.163 e. The van der Waals surface area contributed by atoms with Gasteiger partial charge in [-0.2, -0.15) is 0 Å². The predicted molar refractivity (Wildman–Crippen MR) is 134 cm³/mol. The minimum Gasteiger partial charge on any atom is -0.497 e. The Kier molecular flexibility index (Phi) is 9.63. The molecule has 4 rings (SSSR count). The molecule has 2 saturated heterocycles. The van der Waals surface area contributed by atoms with Gasteiger partial charge in [-0.1, -0.05) is 25.5 Å². The largest absolute Gasteiger partial charge is 0.497 e. The van der Waals surface area contributed by atoms with Crippen molar-refractivity contribution < 1.29 is 43.1 Å². The molecule has 206 valence electrons. The van der Waals surface area contributed by atoms with Crippen LogP contribution in [-0.4, -0.2) is 72.9 Å². The van der Waals surface area contributed by atoms with Gasteiger partial charge < -0.3 is 43.1 Å². The number of ether oxygens (including phenoxy) is 6. The lowest BCUT2D eigenvalue weighted by Crippen LogP contribution is -2.44. The van der Waals surface area contributed by atoms with Crippen molar-refractivity contribution in [1.82, 2.24) is 0 Å². The third-order valence-electron chi connectivity index (χ3n) is 6.81. The molecule has 2 aliphatic heterocycles. The molecule has 2 N–H and O–H groups in total. The van der Waals surface area contributed by atoms with E-state index in [0.717, 1.165) is 24.2 Å². The normalized spacial score (nSPS) is 28.9. The molecule has 0 saturated carbocycles. The Labute approximate surface area is 218 Å². The van der Waals surface area contributed by atoms with Gasteiger partial charge >= 0.3 is 0 Å². The standard InChI is InChI=1S/C28H40O9/c1-5-6-13-33-25-22(15-20-17-35-28(2,3)37-20)36-26(24(30)23(29)21-8-7-14-32-21)27(25)34-16-18-9-11-19(31-4)12-10-18/h7-12,14,20,22-27,29-30H,5-6,13,15-17H2,1-4H3/t20?,22-,23+,24-,25+,26+,27-/m1/s1. The van der Waals surface area contributed by atoms with Crippen molar-refractivity contribution >= 4 is 0 Å². The molecule has 1 unspecified atom stereocenters. The van der Waals surface area contributed by atoms with E-state index in [4.69, 9.17) is 32.8 Å². The molecule has 9 heteroatoms. The fourth-order valence-electron chi connectivity index (χ4n) is 4.84. The molecule has 1 aromatic carbocycles. The van der Waals surface area contributed by atoms with Gasteiger partial charge in [0.05, 0.1) is 38.8 Å². The molecule has 0 radical (unpaired) electrons. The number of aliphatic hydroxyl groups is 2. The maximum Gasteiger partial charge on any atom is 0.163 e. The van der Waals surface area contributed by atoms with Gasteiger partial charge in [0, 0.05) is 13.0 Å². The summed E-state index contributed by atoms with van der Waals surface area (Å²) in [6.45, 7) is 7.10. The number of rotatable bonds is 13. The lowest BCUT2D eigenvalue weighted by atomic mass is 9.97. The highest BCUT2D eigenvalue weighted by atomic mass is 16.7. The Balaban J connectivity index is 1.55. The highest BCUT2D eigenvalue weighted by Crippen LogP contribution is 2.37. The average molecular weight is 521 g/mol. The summed E-state index contributed by atoms with van der Waals surface area (Å²) in [5, 5.41) is 22.1. The van der Waals surface area contributed by atoms with Gasteiger partial charge in [-0.3, -0.25) is 0 Å². The van der Waals surface area contributed by atoms with Crippen LogP contribution >= 0.6 is 0 Å². The number of hydrogen-bond donors (Lipinski definition) is 2. The average Bonchev–Trinajstić information content (AvgIpc) is 3.62. The molecule has 0 aliphatic carbocycles. The molecule has 2 fully saturated rings. The third-order valence-corrected chi connectivity index (χ3v) is 6.81. The van der Waals surface area contributed by atoms with Crippen molar-refractivity contribution in [3.8, 4) is 5.75 Å². The highest BCUT2D eigenvalue weighted by molar-refractivity contribution is 5.26.